The molecule has 5 heteroatoms. The molecule has 0 aromatic heterocycles. The van der Waals surface area contributed by atoms with Crippen LogP contribution in [0.25, 0.3) is 0 Å². The van der Waals surface area contributed by atoms with Crippen molar-refractivity contribution in [2.24, 2.45) is 5.41 Å². The standard InChI is InChI=1S/C14H27NO4/c1-3-4-14(5-7-15-8-6-14)13(16)19-12-11-18-10-9-17-2/h15H,3-12H2,1-2H3. The summed E-state index contributed by atoms with van der Waals surface area (Å²) in [5.41, 5.74) is -0.271. The summed E-state index contributed by atoms with van der Waals surface area (Å²) in [7, 11) is 1.63. The van der Waals surface area contributed by atoms with Gasteiger partial charge in [-0.15, -0.1) is 0 Å². The maximum atomic E-state index is 12.3. The molecule has 1 saturated heterocycles. The van der Waals surface area contributed by atoms with Crippen molar-refractivity contribution in [2.75, 3.05) is 46.6 Å². The zero-order valence-corrected chi connectivity index (χ0v) is 12.2. The fourth-order valence-corrected chi connectivity index (χ4v) is 2.53. The lowest BCUT2D eigenvalue weighted by Crippen LogP contribution is -2.43. The number of methoxy groups -OCH3 is 1. The molecule has 0 atom stereocenters. The second kappa shape index (κ2) is 9.28. The van der Waals surface area contributed by atoms with Crippen molar-refractivity contribution in [1.29, 1.82) is 0 Å². The van der Waals surface area contributed by atoms with Crippen molar-refractivity contribution >= 4 is 5.97 Å². The predicted molar refractivity (Wildman–Crippen MR) is 73.1 cm³/mol. The van der Waals surface area contributed by atoms with Gasteiger partial charge in [-0.2, -0.15) is 0 Å². The van der Waals surface area contributed by atoms with Crippen LogP contribution in [-0.2, 0) is 19.0 Å². The number of carbonyl (C=O) groups excluding carboxylic acids is 1. The van der Waals surface area contributed by atoms with E-state index in [1.807, 2.05) is 0 Å². The molecule has 0 aromatic carbocycles. The Morgan fingerprint density at radius 2 is 1.84 bits per heavy atom. The molecule has 112 valence electrons. The lowest BCUT2D eigenvalue weighted by atomic mass is 9.75. The predicted octanol–water partition coefficient (Wildman–Crippen LogP) is 1.36. The van der Waals surface area contributed by atoms with Crippen molar-refractivity contribution in [2.45, 2.75) is 32.6 Å². The van der Waals surface area contributed by atoms with Crippen molar-refractivity contribution in [3.8, 4) is 0 Å². The monoisotopic (exact) mass is 273 g/mol. The van der Waals surface area contributed by atoms with Crippen molar-refractivity contribution in [3.63, 3.8) is 0 Å². The molecule has 0 unspecified atom stereocenters. The van der Waals surface area contributed by atoms with Crippen LogP contribution in [0.15, 0.2) is 0 Å². The van der Waals surface area contributed by atoms with Crippen LogP contribution < -0.4 is 5.32 Å². The number of piperidine rings is 1. The zero-order valence-electron chi connectivity index (χ0n) is 12.2. The lowest BCUT2D eigenvalue weighted by molar-refractivity contribution is -0.160. The van der Waals surface area contributed by atoms with Crippen LogP contribution in [0.3, 0.4) is 0 Å². The van der Waals surface area contributed by atoms with Crippen LogP contribution in [-0.4, -0.2) is 52.6 Å². The molecule has 0 spiro atoms. The Kier molecular flexibility index (Phi) is 8.02. The molecule has 1 aliphatic rings. The first-order valence-corrected chi connectivity index (χ1v) is 7.20. The minimum absolute atomic E-state index is 0.0498. The lowest BCUT2D eigenvalue weighted by Gasteiger charge is -2.35. The summed E-state index contributed by atoms with van der Waals surface area (Å²) < 4.78 is 15.5. The molecule has 0 bridgehead atoms. The second-order valence-electron chi connectivity index (χ2n) is 5.02. The van der Waals surface area contributed by atoms with E-state index in [0.717, 1.165) is 38.8 Å². The van der Waals surface area contributed by atoms with E-state index >= 15 is 0 Å². The second-order valence-corrected chi connectivity index (χ2v) is 5.02. The van der Waals surface area contributed by atoms with Crippen molar-refractivity contribution in [1.82, 2.24) is 5.32 Å². The van der Waals surface area contributed by atoms with Gasteiger partial charge in [-0.3, -0.25) is 4.79 Å². The van der Waals surface area contributed by atoms with Gasteiger partial charge in [0.05, 0.1) is 25.2 Å². The Bertz CT molecular complexity index is 246. The molecule has 0 amide bonds. The summed E-state index contributed by atoms with van der Waals surface area (Å²) in [6.45, 7) is 5.80. The minimum Gasteiger partial charge on any atom is -0.463 e. The Morgan fingerprint density at radius 1 is 1.16 bits per heavy atom. The van der Waals surface area contributed by atoms with Gasteiger partial charge in [0.15, 0.2) is 0 Å². The topological polar surface area (TPSA) is 56.8 Å². The van der Waals surface area contributed by atoms with Gasteiger partial charge >= 0.3 is 5.97 Å². The van der Waals surface area contributed by atoms with Gasteiger partial charge < -0.3 is 19.5 Å². The molecule has 0 saturated carbocycles. The third kappa shape index (κ3) is 5.47. The van der Waals surface area contributed by atoms with E-state index in [0.29, 0.717) is 26.4 Å². The minimum atomic E-state index is -0.271. The first kappa shape index (κ1) is 16.4. The van der Waals surface area contributed by atoms with E-state index in [1.165, 1.54) is 0 Å². The molecule has 19 heavy (non-hydrogen) atoms. The fraction of sp³-hybridized carbons (Fsp3) is 0.929. The first-order valence-electron chi connectivity index (χ1n) is 7.20. The third-order valence-corrected chi connectivity index (χ3v) is 3.61. The summed E-state index contributed by atoms with van der Waals surface area (Å²) in [4.78, 5) is 12.3. The van der Waals surface area contributed by atoms with Gasteiger partial charge in [0, 0.05) is 7.11 Å². The van der Waals surface area contributed by atoms with E-state index in [9.17, 15) is 4.79 Å². The van der Waals surface area contributed by atoms with Crippen molar-refractivity contribution < 1.29 is 19.0 Å². The highest BCUT2D eigenvalue weighted by atomic mass is 16.6. The van der Waals surface area contributed by atoms with Crippen LogP contribution in [0, 0.1) is 5.41 Å². The largest absolute Gasteiger partial charge is 0.463 e. The number of nitrogens with one attached hydrogen (secondary N) is 1. The smallest absolute Gasteiger partial charge is 0.312 e. The molecule has 1 heterocycles. The zero-order chi connectivity index (χ0) is 14.0. The average molecular weight is 273 g/mol. The summed E-state index contributed by atoms with van der Waals surface area (Å²) in [6.07, 6.45) is 3.69. The third-order valence-electron chi connectivity index (χ3n) is 3.61. The highest BCUT2D eigenvalue weighted by Crippen LogP contribution is 2.35. The van der Waals surface area contributed by atoms with Gasteiger partial charge in [-0.25, -0.2) is 0 Å². The quantitative estimate of drug-likeness (QED) is 0.508. The number of hydrogen-bond donors (Lipinski definition) is 1. The van der Waals surface area contributed by atoms with E-state index in [2.05, 4.69) is 12.2 Å². The van der Waals surface area contributed by atoms with Gasteiger partial charge in [0.2, 0.25) is 0 Å². The Labute approximate surface area is 116 Å². The highest BCUT2D eigenvalue weighted by molar-refractivity contribution is 5.77. The first-order chi connectivity index (χ1) is 9.25. The van der Waals surface area contributed by atoms with E-state index in [4.69, 9.17) is 14.2 Å². The molecular weight excluding hydrogens is 246 g/mol. The summed E-state index contributed by atoms with van der Waals surface area (Å²) in [5, 5.41) is 3.30. The average Bonchev–Trinajstić information content (AvgIpc) is 2.44. The maximum absolute atomic E-state index is 12.3. The SMILES string of the molecule is CCCC1(C(=O)OCCOCCOC)CCNCC1. The molecule has 1 rings (SSSR count). The fourth-order valence-electron chi connectivity index (χ4n) is 2.53. The van der Waals surface area contributed by atoms with Gasteiger partial charge in [0.25, 0.3) is 0 Å². The van der Waals surface area contributed by atoms with Crippen LogP contribution in [0.1, 0.15) is 32.6 Å². The van der Waals surface area contributed by atoms with E-state index in [-0.39, 0.29) is 11.4 Å². The van der Waals surface area contributed by atoms with Gasteiger partial charge in [-0.05, 0) is 32.4 Å². The molecule has 1 aliphatic heterocycles. The number of rotatable bonds is 9. The number of esters is 1. The molecule has 1 N–H and O–H groups in total. The Morgan fingerprint density at radius 3 is 2.47 bits per heavy atom. The summed E-state index contributed by atoms with van der Waals surface area (Å²) in [5.74, 6) is -0.0498. The Balaban J connectivity index is 2.28. The van der Waals surface area contributed by atoms with Gasteiger partial charge in [-0.1, -0.05) is 13.3 Å². The van der Waals surface area contributed by atoms with Crippen molar-refractivity contribution in [3.05, 3.63) is 0 Å². The van der Waals surface area contributed by atoms with Crippen LogP contribution in [0.4, 0.5) is 0 Å². The number of ether oxygens (including phenoxy) is 3. The normalized spacial score (nSPS) is 18.2. The molecule has 0 aromatic rings. The molecular formula is C14H27NO4. The van der Waals surface area contributed by atoms with E-state index in [1.54, 1.807) is 7.11 Å². The molecule has 0 radical (unpaired) electrons. The maximum Gasteiger partial charge on any atom is 0.312 e. The molecule has 5 nitrogen and oxygen atoms in total. The van der Waals surface area contributed by atoms with Crippen LogP contribution >= 0.6 is 0 Å². The number of carbonyl (C=O) groups is 1. The van der Waals surface area contributed by atoms with E-state index < -0.39 is 0 Å². The summed E-state index contributed by atoms with van der Waals surface area (Å²) in [6, 6.07) is 0. The molecule has 1 fully saturated rings. The van der Waals surface area contributed by atoms with Crippen LogP contribution in [0.2, 0.25) is 0 Å². The van der Waals surface area contributed by atoms with Gasteiger partial charge in [0.1, 0.15) is 6.61 Å². The molecule has 0 aliphatic carbocycles. The Hall–Kier alpha value is -0.650. The number of hydrogen-bond acceptors (Lipinski definition) is 5. The summed E-state index contributed by atoms with van der Waals surface area (Å²) >= 11 is 0. The highest BCUT2D eigenvalue weighted by Gasteiger charge is 2.39. The van der Waals surface area contributed by atoms with Crippen LogP contribution in [0.5, 0.6) is 0 Å².